The second-order valence-electron chi connectivity index (χ2n) is 5.34. The van der Waals surface area contributed by atoms with E-state index in [9.17, 15) is 0 Å². The average molecular weight is 458 g/mol. The minimum Gasteiger partial charge on any atom is -0.388 e. The number of likely N-dealkylation sites (tertiary alicyclic amines) is 2. The van der Waals surface area contributed by atoms with E-state index in [1.165, 1.54) is 0 Å². The fraction of sp³-hybridized carbons (Fsp3) is 1.00. The summed E-state index contributed by atoms with van der Waals surface area (Å²) in [6, 6.07) is 0. The monoisotopic (exact) mass is 458 g/mol. The minimum atomic E-state index is -0.380. The zero-order valence-corrected chi connectivity index (χ0v) is 15.1. The van der Waals surface area contributed by atoms with Gasteiger partial charge in [0.15, 0.2) is 0 Å². The highest BCUT2D eigenvalue weighted by molar-refractivity contribution is 14.0. The lowest BCUT2D eigenvalue weighted by atomic mass is 9.98. The van der Waals surface area contributed by atoms with Crippen LogP contribution in [-0.4, -0.2) is 71.5 Å². The first-order valence-corrected chi connectivity index (χ1v) is 5.02. The van der Waals surface area contributed by atoms with E-state index in [1.807, 2.05) is 27.9 Å². The van der Waals surface area contributed by atoms with Gasteiger partial charge in [0.2, 0.25) is 0 Å². The Morgan fingerprint density at radius 1 is 0.750 bits per heavy atom. The van der Waals surface area contributed by atoms with Crippen molar-refractivity contribution in [3.63, 3.8) is 0 Å². The highest BCUT2D eigenvalue weighted by atomic mass is 127. The molecule has 2 saturated heterocycles. The first-order chi connectivity index (χ1) is 6.20. The van der Waals surface area contributed by atoms with Crippen LogP contribution in [0.4, 0.5) is 0 Å². The third-order valence-electron chi connectivity index (χ3n) is 2.44. The van der Waals surface area contributed by atoms with E-state index in [0.29, 0.717) is 0 Å². The number of hydrogen-bond donors (Lipinski definition) is 2. The maximum atomic E-state index is 9.04. The summed E-state index contributed by atoms with van der Waals surface area (Å²) in [7, 11) is 4.00. The van der Waals surface area contributed by atoms with Gasteiger partial charge in [-0.2, -0.15) is 0 Å². The van der Waals surface area contributed by atoms with Crippen LogP contribution < -0.4 is 0 Å². The number of likely N-dealkylation sites (N-methyl/N-ethyl adjacent to an activating group) is 2. The lowest BCUT2D eigenvalue weighted by Crippen LogP contribution is -2.57. The summed E-state index contributed by atoms with van der Waals surface area (Å²) in [5, 5.41) is 18.1. The van der Waals surface area contributed by atoms with Gasteiger partial charge < -0.3 is 20.0 Å². The van der Waals surface area contributed by atoms with Crippen LogP contribution in [0.15, 0.2) is 0 Å². The van der Waals surface area contributed by atoms with Crippen LogP contribution in [0.2, 0.25) is 0 Å². The molecule has 0 aromatic carbocycles. The highest BCUT2D eigenvalue weighted by Gasteiger charge is 2.33. The Labute approximate surface area is 132 Å². The Balaban J connectivity index is 0. The molecule has 16 heavy (non-hydrogen) atoms. The zero-order chi connectivity index (χ0) is 11.0. The van der Waals surface area contributed by atoms with Gasteiger partial charge in [0.1, 0.15) is 0 Å². The number of nitrogens with zero attached hydrogens (tertiary/aromatic N) is 2. The first-order valence-electron chi connectivity index (χ1n) is 5.02. The molecule has 0 atom stereocenters. The standard InChI is InChI=1S/2C5H11NO.2HI/c2*1-5(7)3-6(2)4-5;;/h2*7H,3-4H2,1-2H3;2*1H. The fourth-order valence-electron chi connectivity index (χ4n) is 2.23. The quantitative estimate of drug-likeness (QED) is 0.523. The van der Waals surface area contributed by atoms with Gasteiger partial charge >= 0.3 is 0 Å². The Hall–Kier alpha value is 1.30. The molecule has 0 unspecified atom stereocenters. The maximum absolute atomic E-state index is 9.04. The van der Waals surface area contributed by atoms with Crippen molar-refractivity contribution < 1.29 is 10.2 Å². The van der Waals surface area contributed by atoms with Gasteiger partial charge in [0.05, 0.1) is 11.2 Å². The number of aliphatic hydroxyl groups is 2. The van der Waals surface area contributed by atoms with E-state index in [4.69, 9.17) is 10.2 Å². The van der Waals surface area contributed by atoms with E-state index >= 15 is 0 Å². The van der Waals surface area contributed by atoms with Gasteiger partial charge in [0.25, 0.3) is 0 Å². The van der Waals surface area contributed by atoms with Crippen molar-refractivity contribution in [1.29, 1.82) is 0 Å². The molecular weight excluding hydrogens is 434 g/mol. The van der Waals surface area contributed by atoms with Gasteiger partial charge in [-0.15, -0.1) is 48.0 Å². The van der Waals surface area contributed by atoms with Crippen molar-refractivity contribution in [2.24, 2.45) is 0 Å². The summed E-state index contributed by atoms with van der Waals surface area (Å²) >= 11 is 0. The van der Waals surface area contributed by atoms with Crippen LogP contribution in [0.1, 0.15) is 13.8 Å². The van der Waals surface area contributed by atoms with Gasteiger partial charge in [-0.3, -0.25) is 0 Å². The molecule has 2 heterocycles. The van der Waals surface area contributed by atoms with Gasteiger partial charge in [-0.1, -0.05) is 0 Å². The van der Waals surface area contributed by atoms with Crippen LogP contribution >= 0.6 is 48.0 Å². The molecule has 2 N–H and O–H groups in total. The van der Waals surface area contributed by atoms with Crippen molar-refractivity contribution in [3.05, 3.63) is 0 Å². The Kier molecular flexibility index (Phi) is 8.63. The Morgan fingerprint density at radius 3 is 0.938 bits per heavy atom. The molecule has 0 spiro atoms. The molecule has 2 fully saturated rings. The Morgan fingerprint density at radius 2 is 0.938 bits per heavy atom. The minimum absolute atomic E-state index is 0. The summed E-state index contributed by atoms with van der Waals surface area (Å²) in [4.78, 5) is 4.17. The highest BCUT2D eigenvalue weighted by Crippen LogP contribution is 2.16. The fourth-order valence-corrected chi connectivity index (χ4v) is 2.23. The molecule has 2 aliphatic heterocycles. The van der Waals surface area contributed by atoms with E-state index in [1.54, 1.807) is 0 Å². The Bertz CT molecular complexity index is 175. The van der Waals surface area contributed by atoms with Crippen molar-refractivity contribution in [3.8, 4) is 0 Å². The number of β-amino-alcohol motifs (C(OH)–C–C–N with tert-alkyl or cyclic N) is 2. The normalized spacial score (nSPS) is 25.9. The van der Waals surface area contributed by atoms with Crippen LogP contribution in [0.5, 0.6) is 0 Å². The maximum Gasteiger partial charge on any atom is 0.0872 e. The van der Waals surface area contributed by atoms with Crippen molar-refractivity contribution >= 4 is 48.0 Å². The summed E-state index contributed by atoms with van der Waals surface area (Å²) in [6.45, 7) is 7.01. The van der Waals surface area contributed by atoms with E-state index in [-0.39, 0.29) is 59.2 Å². The molecule has 100 valence electrons. The number of hydrogen-bond acceptors (Lipinski definition) is 4. The molecule has 0 aromatic heterocycles. The molecule has 4 nitrogen and oxygen atoms in total. The summed E-state index contributed by atoms with van der Waals surface area (Å²) < 4.78 is 0. The zero-order valence-electron chi connectivity index (χ0n) is 10.4. The molecule has 0 saturated carbocycles. The molecule has 2 aliphatic rings. The van der Waals surface area contributed by atoms with Crippen molar-refractivity contribution in [2.45, 2.75) is 25.0 Å². The molecule has 0 radical (unpaired) electrons. The number of rotatable bonds is 0. The molecular formula is C10H24I2N2O2. The summed E-state index contributed by atoms with van der Waals surface area (Å²) in [5.74, 6) is 0. The predicted octanol–water partition coefficient (Wildman–Crippen LogP) is 0.602. The molecule has 0 bridgehead atoms. The largest absolute Gasteiger partial charge is 0.388 e. The van der Waals surface area contributed by atoms with Crippen molar-refractivity contribution in [2.75, 3.05) is 40.3 Å². The smallest absolute Gasteiger partial charge is 0.0872 e. The van der Waals surface area contributed by atoms with Crippen LogP contribution in [-0.2, 0) is 0 Å². The second-order valence-corrected chi connectivity index (χ2v) is 5.34. The lowest BCUT2D eigenvalue weighted by Gasteiger charge is -2.41. The third kappa shape index (κ3) is 6.90. The molecule has 0 aliphatic carbocycles. The van der Waals surface area contributed by atoms with E-state index < -0.39 is 0 Å². The van der Waals surface area contributed by atoms with Gasteiger partial charge in [-0.05, 0) is 27.9 Å². The second kappa shape index (κ2) is 7.03. The average Bonchev–Trinajstić information content (AvgIpc) is 1.78. The van der Waals surface area contributed by atoms with Crippen LogP contribution in [0.25, 0.3) is 0 Å². The lowest BCUT2D eigenvalue weighted by molar-refractivity contribution is -0.0709. The predicted molar refractivity (Wildman–Crippen MR) is 87.1 cm³/mol. The summed E-state index contributed by atoms with van der Waals surface area (Å²) in [5.41, 5.74) is -0.760. The van der Waals surface area contributed by atoms with Gasteiger partial charge in [-0.25, -0.2) is 0 Å². The number of halogens is 2. The molecule has 0 amide bonds. The first kappa shape index (κ1) is 19.6. The SMILES string of the molecule is CN1CC(C)(O)C1.CN1CC(C)(O)C1.I.I. The third-order valence-corrected chi connectivity index (χ3v) is 2.44. The van der Waals surface area contributed by atoms with Gasteiger partial charge in [0, 0.05) is 26.2 Å². The van der Waals surface area contributed by atoms with E-state index in [0.717, 1.165) is 26.2 Å². The van der Waals surface area contributed by atoms with Crippen LogP contribution in [0, 0.1) is 0 Å². The molecule has 2 rings (SSSR count). The van der Waals surface area contributed by atoms with Crippen LogP contribution in [0.3, 0.4) is 0 Å². The van der Waals surface area contributed by atoms with Crippen molar-refractivity contribution in [1.82, 2.24) is 9.80 Å². The topological polar surface area (TPSA) is 46.9 Å². The molecule has 0 aromatic rings. The molecule has 6 heteroatoms. The summed E-state index contributed by atoms with van der Waals surface area (Å²) in [6.07, 6.45) is 0. The van der Waals surface area contributed by atoms with E-state index in [2.05, 4.69) is 9.80 Å².